The van der Waals surface area contributed by atoms with Crippen molar-refractivity contribution in [1.82, 2.24) is 0 Å². The molecule has 4 rings (SSSR count). The van der Waals surface area contributed by atoms with E-state index >= 15 is 4.39 Å². The number of carbonyl (C=O) groups is 3. The molecule has 174 valence electrons. The molecule has 0 aromatic heterocycles. The van der Waals surface area contributed by atoms with Crippen molar-refractivity contribution in [1.29, 1.82) is 0 Å². The highest BCUT2D eigenvalue weighted by molar-refractivity contribution is 5.90. The van der Waals surface area contributed by atoms with Gasteiger partial charge in [0, 0.05) is 0 Å². The molecule has 1 aliphatic heterocycles. The number of ether oxygens (including phenoxy) is 4. The van der Waals surface area contributed by atoms with Crippen LogP contribution in [0, 0.1) is 0 Å². The summed E-state index contributed by atoms with van der Waals surface area (Å²) >= 11 is 0. The van der Waals surface area contributed by atoms with E-state index in [1.807, 2.05) is 0 Å². The number of benzene rings is 3. The third-order valence-electron chi connectivity index (χ3n) is 5.12. The molecule has 4 atom stereocenters. The predicted molar refractivity (Wildman–Crippen MR) is 118 cm³/mol. The first kappa shape index (κ1) is 23.1. The highest BCUT2D eigenvalue weighted by Crippen LogP contribution is 2.29. The second kappa shape index (κ2) is 10.7. The van der Waals surface area contributed by atoms with Crippen molar-refractivity contribution in [3.63, 3.8) is 0 Å². The van der Waals surface area contributed by atoms with Crippen LogP contribution in [0.1, 0.15) is 31.1 Å². The fourth-order valence-electron chi connectivity index (χ4n) is 3.38. The van der Waals surface area contributed by atoms with E-state index in [9.17, 15) is 14.4 Å². The lowest BCUT2D eigenvalue weighted by Gasteiger charge is -2.19. The molecule has 1 heterocycles. The van der Waals surface area contributed by atoms with Gasteiger partial charge in [0.1, 0.15) is 12.7 Å². The number of hydrogen-bond donors (Lipinski definition) is 0. The van der Waals surface area contributed by atoms with Crippen LogP contribution in [-0.4, -0.2) is 49.2 Å². The van der Waals surface area contributed by atoms with Crippen LogP contribution in [0.25, 0.3) is 0 Å². The molecular weight excluding hydrogens is 443 g/mol. The van der Waals surface area contributed by atoms with Gasteiger partial charge in [-0.2, -0.15) is 0 Å². The van der Waals surface area contributed by atoms with Crippen molar-refractivity contribution in [2.75, 3.05) is 6.61 Å². The number of alkyl halides is 1. The first-order valence-corrected chi connectivity index (χ1v) is 10.6. The van der Waals surface area contributed by atoms with E-state index < -0.39 is 49.2 Å². The molecule has 0 N–H and O–H groups in total. The van der Waals surface area contributed by atoms with Gasteiger partial charge in [0.25, 0.3) is 0 Å². The van der Waals surface area contributed by atoms with Crippen LogP contribution in [-0.2, 0) is 18.9 Å². The van der Waals surface area contributed by atoms with Crippen LogP contribution in [0.5, 0.6) is 0 Å². The molecule has 1 saturated heterocycles. The Morgan fingerprint density at radius 2 is 1.12 bits per heavy atom. The number of halogens is 1. The van der Waals surface area contributed by atoms with Crippen molar-refractivity contribution < 1.29 is 37.7 Å². The Labute approximate surface area is 195 Å². The summed E-state index contributed by atoms with van der Waals surface area (Å²) in [5, 5.41) is 0. The average Bonchev–Trinajstić information content (AvgIpc) is 3.17. The van der Waals surface area contributed by atoms with Gasteiger partial charge in [0.2, 0.25) is 12.5 Å². The van der Waals surface area contributed by atoms with Gasteiger partial charge in [0.15, 0.2) is 6.10 Å². The standard InChI is InChI=1S/C26H21FO7/c27-21-22(33-24(29)18-12-6-2-7-13-18)20(16-31-23(28)17-10-4-1-5-11-17)32-26(21)34-25(30)19-14-8-3-9-15-19/h1-15,20-22,26H,16H2/t20?,21-,22+,26-/m0/s1. The Morgan fingerprint density at radius 3 is 1.62 bits per heavy atom. The zero-order valence-electron chi connectivity index (χ0n) is 17.9. The van der Waals surface area contributed by atoms with E-state index in [-0.39, 0.29) is 11.1 Å². The second-order valence-electron chi connectivity index (χ2n) is 7.46. The van der Waals surface area contributed by atoms with Gasteiger partial charge in [0.05, 0.1) is 16.7 Å². The summed E-state index contributed by atoms with van der Waals surface area (Å²) in [6.45, 7) is -0.416. The Morgan fingerprint density at radius 1 is 0.676 bits per heavy atom. The minimum atomic E-state index is -2.00. The van der Waals surface area contributed by atoms with Crippen molar-refractivity contribution in [2.24, 2.45) is 0 Å². The molecule has 0 amide bonds. The van der Waals surface area contributed by atoms with E-state index in [0.717, 1.165) is 0 Å². The van der Waals surface area contributed by atoms with Crippen LogP contribution < -0.4 is 0 Å². The molecule has 3 aromatic carbocycles. The molecule has 1 aliphatic rings. The molecule has 0 radical (unpaired) electrons. The molecule has 1 unspecified atom stereocenters. The number of esters is 3. The molecule has 34 heavy (non-hydrogen) atoms. The zero-order chi connectivity index (χ0) is 23.9. The van der Waals surface area contributed by atoms with E-state index in [1.165, 1.54) is 24.3 Å². The second-order valence-corrected chi connectivity index (χ2v) is 7.46. The number of hydrogen-bond acceptors (Lipinski definition) is 7. The maximum absolute atomic E-state index is 15.3. The first-order chi connectivity index (χ1) is 16.5. The summed E-state index contributed by atoms with van der Waals surface area (Å²) in [5.41, 5.74) is 0.705. The molecule has 7 nitrogen and oxygen atoms in total. The van der Waals surface area contributed by atoms with Gasteiger partial charge in [-0.15, -0.1) is 0 Å². The summed E-state index contributed by atoms with van der Waals surface area (Å²) in [4.78, 5) is 37.2. The lowest BCUT2D eigenvalue weighted by atomic mass is 10.1. The summed E-state index contributed by atoms with van der Waals surface area (Å²) < 4.78 is 36.6. The van der Waals surface area contributed by atoms with Gasteiger partial charge < -0.3 is 18.9 Å². The molecule has 8 heteroatoms. The molecular formula is C26H21FO7. The third-order valence-corrected chi connectivity index (χ3v) is 5.12. The maximum atomic E-state index is 15.3. The average molecular weight is 464 g/mol. The summed E-state index contributed by atoms with van der Waals surface area (Å²) in [6, 6.07) is 24.2. The lowest BCUT2D eigenvalue weighted by Crippen LogP contribution is -2.37. The molecule has 0 aliphatic carbocycles. The topological polar surface area (TPSA) is 88.1 Å². The van der Waals surface area contributed by atoms with Crippen LogP contribution >= 0.6 is 0 Å². The van der Waals surface area contributed by atoms with Crippen molar-refractivity contribution in [2.45, 2.75) is 24.7 Å². The molecule has 0 saturated carbocycles. The van der Waals surface area contributed by atoms with Crippen molar-refractivity contribution in [3.05, 3.63) is 108 Å². The zero-order valence-corrected chi connectivity index (χ0v) is 17.9. The monoisotopic (exact) mass is 464 g/mol. The van der Waals surface area contributed by atoms with Crippen LogP contribution in [0.15, 0.2) is 91.0 Å². The van der Waals surface area contributed by atoms with Gasteiger partial charge in [-0.3, -0.25) is 0 Å². The minimum absolute atomic E-state index is 0.204. The number of rotatable bonds is 7. The Hall–Kier alpha value is -4.04. The molecule has 0 spiro atoms. The predicted octanol–water partition coefficient (Wildman–Crippen LogP) is 3.99. The van der Waals surface area contributed by atoms with E-state index in [1.54, 1.807) is 66.7 Å². The third kappa shape index (κ3) is 5.47. The summed E-state index contributed by atoms with van der Waals surface area (Å²) in [6.07, 6.45) is -6.31. The SMILES string of the molecule is O=C(OCC1O[C@@H](OC(=O)c2ccccc2)[C@@H](F)[C@@H]1OC(=O)c1ccccc1)c1ccccc1. The fraction of sp³-hybridized carbons (Fsp3) is 0.192. The fourth-order valence-corrected chi connectivity index (χ4v) is 3.38. The highest BCUT2D eigenvalue weighted by Gasteiger charge is 2.50. The smallest absolute Gasteiger partial charge is 0.340 e. The molecule has 3 aromatic rings. The maximum Gasteiger partial charge on any atom is 0.340 e. The lowest BCUT2D eigenvalue weighted by molar-refractivity contribution is -0.129. The van der Waals surface area contributed by atoms with E-state index in [2.05, 4.69) is 0 Å². The van der Waals surface area contributed by atoms with Gasteiger partial charge in [-0.25, -0.2) is 18.8 Å². The van der Waals surface area contributed by atoms with Gasteiger partial charge >= 0.3 is 17.9 Å². The quantitative estimate of drug-likeness (QED) is 0.386. The largest absolute Gasteiger partial charge is 0.459 e. The van der Waals surface area contributed by atoms with Crippen LogP contribution in [0.4, 0.5) is 4.39 Å². The Kier molecular flexibility index (Phi) is 7.29. The van der Waals surface area contributed by atoms with Gasteiger partial charge in [-0.05, 0) is 36.4 Å². The summed E-state index contributed by atoms with van der Waals surface area (Å²) in [5.74, 6) is -2.24. The van der Waals surface area contributed by atoms with Crippen LogP contribution in [0.2, 0.25) is 0 Å². The Balaban J connectivity index is 1.47. The van der Waals surface area contributed by atoms with Gasteiger partial charge in [-0.1, -0.05) is 54.6 Å². The normalized spacial score (nSPS) is 21.4. The van der Waals surface area contributed by atoms with Crippen molar-refractivity contribution >= 4 is 17.9 Å². The van der Waals surface area contributed by atoms with Crippen molar-refractivity contribution in [3.8, 4) is 0 Å². The Bertz CT molecular complexity index is 1120. The minimum Gasteiger partial charge on any atom is -0.459 e. The number of carbonyl (C=O) groups excluding carboxylic acids is 3. The van der Waals surface area contributed by atoms with E-state index in [0.29, 0.717) is 5.56 Å². The first-order valence-electron chi connectivity index (χ1n) is 10.6. The molecule has 0 bridgehead atoms. The molecule has 1 fully saturated rings. The van der Waals surface area contributed by atoms with Crippen LogP contribution in [0.3, 0.4) is 0 Å². The van der Waals surface area contributed by atoms with E-state index in [4.69, 9.17) is 18.9 Å². The summed E-state index contributed by atoms with van der Waals surface area (Å²) in [7, 11) is 0. The highest BCUT2D eigenvalue weighted by atomic mass is 19.1.